The second kappa shape index (κ2) is 7.43. The molecule has 5 nitrogen and oxygen atoms in total. The van der Waals surface area contributed by atoms with Crippen LogP contribution in [0.3, 0.4) is 0 Å². The van der Waals surface area contributed by atoms with Crippen molar-refractivity contribution in [1.29, 1.82) is 0 Å². The normalized spacial score (nSPS) is 17.3. The third-order valence-corrected chi connectivity index (χ3v) is 3.60. The Hall–Kier alpha value is -1.59. The van der Waals surface area contributed by atoms with Crippen molar-refractivity contribution >= 4 is 5.91 Å². The van der Waals surface area contributed by atoms with Crippen LogP contribution in [0, 0.1) is 6.92 Å². The predicted molar refractivity (Wildman–Crippen MR) is 81.3 cm³/mol. The Morgan fingerprint density at radius 3 is 2.86 bits per heavy atom. The van der Waals surface area contributed by atoms with E-state index >= 15 is 0 Å². The Bertz CT molecular complexity index is 482. The van der Waals surface area contributed by atoms with Gasteiger partial charge >= 0.3 is 0 Å². The van der Waals surface area contributed by atoms with Gasteiger partial charge in [0.15, 0.2) is 6.61 Å². The molecular formula is C16H24N2O3. The second-order valence-corrected chi connectivity index (χ2v) is 5.57. The van der Waals surface area contributed by atoms with E-state index in [0.29, 0.717) is 19.0 Å². The molecule has 3 N–H and O–H groups in total. The molecule has 1 aliphatic rings. The molecule has 0 aromatic heterocycles. The average molecular weight is 292 g/mol. The molecule has 1 saturated heterocycles. The first kappa shape index (κ1) is 15.8. The summed E-state index contributed by atoms with van der Waals surface area (Å²) in [5, 5.41) is 2.98. The fourth-order valence-electron chi connectivity index (χ4n) is 2.40. The molecule has 21 heavy (non-hydrogen) atoms. The van der Waals surface area contributed by atoms with E-state index in [-0.39, 0.29) is 24.6 Å². The van der Waals surface area contributed by atoms with Gasteiger partial charge in [-0.25, -0.2) is 0 Å². The minimum Gasteiger partial charge on any atom is -0.483 e. The lowest BCUT2D eigenvalue weighted by molar-refractivity contribution is -0.124. The highest BCUT2D eigenvalue weighted by Crippen LogP contribution is 2.25. The van der Waals surface area contributed by atoms with E-state index in [1.54, 1.807) is 0 Å². The van der Waals surface area contributed by atoms with Crippen LogP contribution >= 0.6 is 0 Å². The fourth-order valence-corrected chi connectivity index (χ4v) is 2.40. The first-order chi connectivity index (χ1) is 10.1. The van der Waals surface area contributed by atoms with Crippen molar-refractivity contribution in [1.82, 2.24) is 5.32 Å². The first-order valence-corrected chi connectivity index (χ1v) is 7.42. The Morgan fingerprint density at radius 1 is 1.48 bits per heavy atom. The minimum absolute atomic E-state index is 0.0144. The third-order valence-electron chi connectivity index (χ3n) is 3.60. The molecule has 0 bridgehead atoms. The van der Waals surface area contributed by atoms with Crippen molar-refractivity contribution < 1.29 is 14.3 Å². The van der Waals surface area contributed by atoms with E-state index in [9.17, 15) is 4.79 Å². The molecule has 0 aliphatic carbocycles. The number of aryl methyl sites for hydroxylation is 1. The topological polar surface area (TPSA) is 73.6 Å². The summed E-state index contributed by atoms with van der Waals surface area (Å²) in [6.07, 6.45) is 1.72. The number of nitrogens with one attached hydrogen (secondary N) is 1. The lowest BCUT2D eigenvalue weighted by atomic mass is 10.1. The third kappa shape index (κ3) is 4.72. The maximum absolute atomic E-state index is 11.9. The number of rotatable bonds is 5. The maximum Gasteiger partial charge on any atom is 0.258 e. The molecule has 1 fully saturated rings. The van der Waals surface area contributed by atoms with Gasteiger partial charge in [0.1, 0.15) is 5.75 Å². The van der Waals surface area contributed by atoms with Crippen LogP contribution < -0.4 is 15.8 Å². The number of carbonyl (C=O) groups is 1. The second-order valence-electron chi connectivity index (χ2n) is 5.57. The standard InChI is InChI=1S/C16H24N2O3/c1-11-3-4-14(12(2)17)15(9-11)21-10-16(19)18-13-5-7-20-8-6-13/h3-4,9,12-13H,5-8,10,17H2,1-2H3,(H,18,19)/t12-/m1/s1. The zero-order chi connectivity index (χ0) is 15.2. The predicted octanol–water partition coefficient (Wildman–Crippen LogP) is 1.69. The van der Waals surface area contributed by atoms with E-state index in [0.717, 1.165) is 24.0 Å². The largest absolute Gasteiger partial charge is 0.483 e. The maximum atomic E-state index is 11.9. The number of benzene rings is 1. The van der Waals surface area contributed by atoms with Gasteiger partial charge in [0.25, 0.3) is 5.91 Å². The summed E-state index contributed by atoms with van der Waals surface area (Å²) in [5.74, 6) is 0.589. The Kier molecular flexibility index (Phi) is 5.59. The number of nitrogens with two attached hydrogens (primary N) is 1. The highest BCUT2D eigenvalue weighted by atomic mass is 16.5. The van der Waals surface area contributed by atoms with E-state index in [2.05, 4.69) is 5.32 Å². The molecule has 5 heteroatoms. The monoisotopic (exact) mass is 292 g/mol. The number of hydrogen-bond acceptors (Lipinski definition) is 4. The molecule has 1 heterocycles. The van der Waals surface area contributed by atoms with Crippen LogP contribution in [0.15, 0.2) is 18.2 Å². The number of ether oxygens (including phenoxy) is 2. The van der Waals surface area contributed by atoms with E-state index in [4.69, 9.17) is 15.2 Å². The van der Waals surface area contributed by atoms with Gasteiger partial charge in [-0.15, -0.1) is 0 Å². The van der Waals surface area contributed by atoms with Gasteiger partial charge in [-0.05, 0) is 38.3 Å². The van der Waals surface area contributed by atoms with Crippen LogP contribution in [-0.2, 0) is 9.53 Å². The van der Waals surface area contributed by atoms with Gasteiger partial charge in [-0.2, -0.15) is 0 Å². The van der Waals surface area contributed by atoms with Crippen LogP contribution in [0.5, 0.6) is 5.75 Å². The average Bonchev–Trinajstić information content (AvgIpc) is 2.46. The van der Waals surface area contributed by atoms with Gasteiger partial charge in [0.05, 0.1) is 0 Å². The molecule has 1 aromatic carbocycles. The Morgan fingerprint density at radius 2 is 2.19 bits per heavy atom. The van der Waals surface area contributed by atoms with Gasteiger partial charge in [-0.1, -0.05) is 12.1 Å². The summed E-state index contributed by atoms with van der Waals surface area (Å²) in [5.41, 5.74) is 7.92. The van der Waals surface area contributed by atoms with Crippen molar-refractivity contribution in [3.63, 3.8) is 0 Å². The summed E-state index contributed by atoms with van der Waals surface area (Å²) in [7, 11) is 0. The summed E-state index contributed by atoms with van der Waals surface area (Å²) < 4.78 is 10.9. The van der Waals surface area contributed by atoms with Crippen molar-refractivity contribution in [2.45, 2.75) is 38.8 Å². The highest BCUT2D eigenvalue weighted by molar-refractivity contribution is 5.77. The zero-order valence-corrected chi connectivity index (χ0v) is 12.7. The number of hydrogen-bond donors (Lipinski definition) is 2. The van der Waals surface area contributed by atoms with Crippen LogP contribution in [0.2, 0.25) is 0 Å². The Balaban J connectivity index is 1.89. The van der Waals surface area contributed by atoms with E-state index in [1.165, 1.54) is 0 Å². The van der Waals surface area contributed by atoms with Crippen LogP contribution in [0.25, 0.3) is 0 Å². The van der Waals surface area contributed by atoms with Crippen molar-refractivity contribution in [2.75, 3.05) is 19.8 Å². The van der Waals surface area contributed by atoms with Crippen LogP contribution in [0.1, 0.15) is 36.9 Å². The molecule has 0 radical (unpaired) electrons. The van der Waals surface area contributed by atoms with E-state index < -0.39 is 0 Å². The Labute approximate surface area is 125 Å². The summed E-state index contributed by atoms with van der Waals surface area (Å²) in [6, 6.07) is 5.93. The van der Waals surface area contributed by atoms with Gasteiger partial charge in [0.2, 0.25) is 0 Å². The van der Waals surface area contributed by atoms with Crippen LogP contribution in [0.4, 0.5) is 0 Å². The number of carbonyl (C=O) groups excluding carboxylic acids is 1. The quantitative estimate of drug-likeness (QED) is 0.866. The van der Waals surface area contributed by atoms with Crippen LogP contribution in [-0.4, -0.2) is 31.8 Å². The SMILES string of the molecule is Cc1ccc([C@@H](C)N)c(OCC(=O)NC2CCOCC2)c1. The molecule has 0 saturated carbocycles. The minimum atomic E-state index is -0.126. The summed E-state index contributed by atoms with van der Waals surface area (Å²) >= 11 is 0. The summed E-state index contributed by atoms with van der Waals surface area (Å²) in [6.45, 7) is 5.32. The number of amides is 1. The van der Waals surface area contributed by atoms with Crippen molar-refractivity contribution in [2.24, 2.45) is 5.73 Å². The molecule has 116 valence electrons. The molecule has 1 aromatic rings. The molecule has 2 rings (SSSR count). The van der Waals surface area contributed by atoms with Gasteiger partial charge in [-0.3, -0.25) is 4.79 Å². The van der Waals surface area contributed by atoms with Crippen molar-refractivity contribution in [3.8, 4) is 5.75 Å². The molecule has 0 unspecified atom stereocenters. The highest BCUT2D eigenvalue weighted by Gasteiger charge is 2.17. The zero-order valence-electron chi connectivity index (χ0n) is 12.7. The smallest absolute Gasteiger partial charge is 0.258 e. The molecular weight excluding hydrogens is 268 g/mol. The molecule has 1 atom stereocenters. The lowest BCUT2D eigenvalue weighted by Gasteiger charge is -2.23. The van der Waals surface area contributed by atoms with Crippen molar-refractivity contribution in [3.05, 3.63) is 29.3 Å². The first-order valence-electron chi connectivity index (χ1n) is 7.42. The fraction of sp³-hybridized carbons (Fsp3) is 0.562. The molecule has 1 aliphatic heterocycles. The van der Waals surface area contributed by atoms with Gasteiger partial charge < -0.3 is 20.5 Å². The lowest BCUT2D eigenvalue weighted by Crippen LogP contribution is -2.41. The van der Waals surface area contributed by atoms with Gasteiger partial charge in [0, 0.05) is 30.9 Å². The molecule has 0 spiro atoms. The summed E-state index contributed by atoms with van der Waals surface area (Å²) in [4.78, 5) is 11.9. The van der Waals surface area contributed by atoms with E-state index in [1.807, 2.05) is 32.0 Å². The molecule has 1 amide bonds.